The SMILES string of the molecule is C=CCn1c(=O)oc(=O)c2cc(I)ccc21. The molecule has 2 rings (SSSR count). The monoisotopic (exact) mass is 329 g/mol. The summed E-state index contributed by atoms with van der Waals surface area (Å²) in [6.45, 7) is 3.88. The van der Waals surface area contributed by atoms with Crippen LogP contribution in [0.25, 0.3) is 10.9 Å². The molecule has 0 saturated carbocycles. The van der Waals surface area contributed by atoms with Crippen molar-refractivity contribution in [1.29, 1.82) is 0 Å². The molecule has 0 amide bonds. The standard InChI is InChI=1S/C11H8INO3/c1-2-5-13-9-4-3-7(12)6-8(9)10(14)16-11(13)15/h2-4,6H,1,5H2. The Hall–Kier alpha value is -1.37. The third kappa shape index (κ3) is 1.82. The van der Waals surface area contributed by atoms with E-state index in [-0.39, 0.29) is 0 Å². The van der Waals surface area contributed by atoms with Gasteiger partial charge in [0.2, 0.25) is 0 Å². The summed E-state index contributed by atoms with van der Waals surface area (Å²) < 4.78 is 6.92. The molecule has 0 aliphatic carbocycles. The van der Waals surface area contributed by atoms with Gasteiger partial charge in [-0.25, -0.2) is 9.59 Å². The van der Waals surface area contributed by atoms with Crippen molar-refractivity contribution in [3.05, 3.63) is 55.4 Å². The minimum atomic E-state index is -0.654. The second-order valence-corrected chi connectivity index (χ2v) is 4.46. The van der Waals surface area contributed by atoms with Crippen LogP contribution in [0.5, 0.6) is 0 Å². The van der Waals surface area contributed by atoms with Crippen molar-refractivity contribution in [2.45, 2.75) is 6.54 Å². The van der Waals surface area contributed by atoms with E-state index in [9.17, 15) is 9.59 Å². The second-order valence-electron chi connectivity index (χ2n) is 3.22. The molecule has 0 N–H and O–H groups in total. The molecule has 0 saturated heterocycles. The number of allylic oxidation sites excluding steroid dienone is 1. The van der Waals surface area contributed by atoms with Crippen molar-refractivity contribution in [2.75, 3.05) is 0 Å². The highest BCUT2D eigenvalue weighted by Gasteiger charge is 2.08. The lowest BCUT2D eigenvalue weighted by molar-refractivity contribution is 0.426. The molecule has 0 aliphatic heterocycles. The lowest BCUT2D eigenvalue weighted by Gasteiger charge is -2.05. The molecule has 0 spiro atoms. The molecule has 1 aromatic heterocycles. The van der Waals surface area contributed by atoms with Crippen LogP contribution in [0.4, 0.5) is 0 Å². The van der Waals surface area contributed by atoms with Gasteiger partial charge in [-0.1, -0.05) is 6.08 Å². The Bertz CT molecular complexity index is 669. The van der Waals surface area contributed by atoms with Crippen molar-refractivity contribution in [3.8, 4) is 0 Å². The van der Waals surface area contributed by atoms with Gasteiger partial charge in [-0.2, -0.15) is 0 Å². The summed E-state index contributed by atoms with van der Waals surface area (Å²) in [6, 6.07) is 5.26. The van der Waals surface area contributed by atoms with Crippen molar-refractivity contribution in [3.63, 3.8) is 0 Å². The lowest BCUT2D eigenvalue weighted by atomic mass is 10.2. The van der Waals surface area contributed by atoms with Crippen LogP contribution < -0.4 is 11.4 Å². The number of benzene rings is 1. The Labute approximate surface area is 104 Å². The van der Waals surface area contributed by atoms with Crippen LogP contribution in [0, 0.1) is 3.57 Å². The summed E-state index contributed by atoms with van der Waals surface area (Å²) in [5.41, 5.74) is -0.0274. The minimum Gasteiger partial charge on any atom is -0.372 e. The van der Waals surface area contributed by atoms with Crippen molar-refractivity contribution >= 4 is 33.5 Å². The molecule has 0 fully saturated rings. The van der Waals surface area contributed by atoms with Crippen LogP contribution >= 0.6 is 22.6 Å². The van der Waals surface area contributed by atoms with Crippen molar-refractivity contribution in [1.82, 2.24) is 4.57 Å². The van der Waals surface area contributed by atoms with E-state index in [1.807, 2.05) is 6.07 Å². The highest BCUT2D eigenvalue weighted by atomic mass is 127. The van der Waals surface area contributed by atoms with Crippen LogP contribution in [-0.4, -0.2) is 4.57 Å². The molecule has 1 aromatic carbocycles. The number of fused-ring (bicyclic) bond motifs is 1. The topological polar surface area (TPSA) is 52.2 Å². The van der Waals surface area contributed by atoms with Gasteiger partial charge in [0.1, 0.15) is 0 Å². The minimum absolute atomic E-state index is 0.319. The summed E-state index contributed by atoms with van der Waals surface area (Å²) in [5, 5.41) is 0.411. The van der Waals surface area contributed by atoms with Crippen LogP contribution in [-0.2, 0) is 6.54 Å². The molecule has 5 heteroatoms. The molecular weight excluding hydrogens is 321 g/mol. The zero-order valence-corrected chi connectivity index (χ0v) is 10.4. The zero-order valence-electron chi connectivity index (χ0n) is 8.27. The predicted molar refractivity (Wildman–Crippen MR) is 69.7 cm³/mol. The average molecular weight is 329 g/mol. The van der Waals surface area contributed by atoms with Gasteiger partial charge in [0.25, 0.3) is 0 Å². The summed E-state index contributed by atoms with van der Waals surface area (Å²) in [7, 11) is 0. The van der Waals surface area contributed by atoms with E-state index in [0.29, 0.717) is 17.4 Å². The Morgan fingerprint density at radius 1 is 1.44 bits per heavy atom. The highest BCUT2D eigenvalue weighted by Crippen LogP contribution is 2.12. The van der Waals surface area contributed by atoms with Crippen LogP contribution in [0.3, 0.4) is 0 Å². The van der Waals surface area contributed by atoms with Gasteiger partial charge in [0, 0.05) is 10.1 Å². The maximum absolute atomic E-state index is 11.5. The Kier molecular flexibility index (Phi) is 2.95. The molecule has 0 bridgehead atoms. The van der Waals surface area contributed by atoms with Gasteiger partial charge >= 0.3 is 11.4 Å². The number of nitrogens with zero attached hydrogens (tertiary/aromatic N) is 1. The van der Waals surface area contributed by atoms with Crippen LogP contribution in [0.15, 0.2) is 44.9 Å². The third-order valence-electron chi connectivity index (χ3n) is 2.18. The van der Waals surface area contributed by atoms with E-state index in [1.54, 1.807) is 18.2 Å². The van der Waals surface area contributed by atoms with Crippen LogP contribution in [0.1, 0.15) is 0 Å². The fourth-order valence-electron chi connectivity index (χ4n) is 1.50. The van der Waals surface area contributed by atoms with Gasteiger partial charge in [-0.15, -0.1) is 6.58 Å². The van der Waals surface area contributed by atoms with E-state index in [4.69, 9.17) is 0 Å². The second kappa shape index (κ2) is 4.25. The maximum atomic E-state index is 11.5. The molecule has 16 heavy (non-hydrogen) atoms. The predicted octanol–water partition coefficient (Wildman–Crippen LogP) is 1.75. The first-order valence-electron chi connectivity index (χ1n) is 4.57. The number of hydrogen-bond donors (Lipinski definition) is 0. The fourth-order valence-corrected chi connectivity index (χ4v) is 1.99. The molecule has 4 nitrogen and oxygen atoms in total. The first-order chi connectivity index (χ1) is 7.63. The number of hydrogen-bond acceptors (Lipinski definition) is 3. The molecule has 0 aliphatic rings. The summed E-state index contributed by atoms with van der Waals surface area (Å²) in [6.07, 6.45) is 1.58. The molecule has 82 valence electrons. The van der Waals surface area contributed by atoms with Crippen molar-refractivity contribution < 1.29 is 4.42 Å². The molecular formula is C11H8INO3. The van der Waals surface area contributed by atoms with E-state index in [1.165, 1.54) is 4.57 Å². The Balaban J connectivity index is 2.95. The first kappa shape index (κ1) is 11.1. The quantitative estimate of drug-likeness (QED) is 0.623. The fraction of sp³-hybridized carbons (Fsp3) is 0.0909. The van der Waals surface area contributed by atoms with Crippen LogP contribution in [0.2, 0.25) is 0 Å². The summed E-state index contributed by atoms with van der Waals surface area (Å²) >= 11 is 2.10. The van der Waals surface area contributed by atoms with E-state index in [2.05, 4.69) is 33.6 Å². The summed E-state index contributed by atoms with van der Waals surface area (Å²) in [5.74, 6) is -0.654. The Morgan fingerprint density at radius 3 is 2.88 bits per heavy atom. The van der Waals surface area contributed by atoms with E-state index >= 15 is 0 Å². The molecule has 0 unspecified atom stereocenters. The van der Waals surface area contributed by atoms with Gasteiger partial charge in [-0.05, 0) is 40.8 Å². The summed E-state index contributed by atoms with van der Waals surface area (Å²) in [4.78, 5) is 23.0. The molecule has 2 aromatic rings. The molecule has 0 radical (unpaired) electrons. The van der Waals surface area contributed by atoms with Crippen molar-refractivity contribution in [2.24, 2.45) is 0 Å². The zero-order chi connectivity index (χ0) is 11.7. The number of aromatic nitrogens is 1. The van der Waals surface area contributed by atoms with Gasteiger partial charge in [0.05, 0.1) is 10.9 Å². The smallest absolute Gasteiger partial charge is 0.372 e. The first-order valence-corrected chi connectivity index (χ1v) is 5.65. The van der Waals surface area contributed by atoms with E-state index < -0.39 is 11.4 Å². The highest BCUT2D eigenvalue weighted by molar-refractivity contribution is 14.1. The number of rotatable bonds is 2. The normalized spacial score (nSPS) is 10.6. The average Bonchev–Trinajstić information content (AvgIpc) is 2.24. The van der Waals surface area contributed by atoms with Gasteiger partial charge < -0.3 is 4.42 Å². The Morgan fingerprint density at radius 2 is 2.19 bits per heavy atom. The van der Waals surface area contributed by atoms with Gasteiger partial charge in [-0.3, -0.25) is 4.57 Å². The maximum Gasteiger partial charge on any atom is 0.422 e. The van der Waals surface area contributed by atoms with E-state index in [0.717, 1.165) is 3.57 Å². The molecule has 1 heterocycles. The largest absolute Gasteiger partial charge is 0.422 e. The number of halogens is 1. The van der Waals surface area contributed by atoms with Gasteiger partial charge in [0.15, 0.2) is 0 Å². The molecule has 0 atom stereocenters. The third-order valence-corrected chi connectivity index (χ3v) is 2.85. The lowest BCUT2D eigenvalue weighted by Crippen LogP contribution is -2.24.